The molecule has 1 aliphatic rings. The molecule has 0 spiro atoms. The first-order valence-corrected chi connectivity index (χ1v) is 9.41. The molecule has 0 saturated heterocycles. The van der Waals surface area contributed by atoms with Gasteiger partial charge < -0.3 is 0 Å². The van der Waals surface area contributed by atoms with Crippen LogP contribution in [0.4, 0.5) is 5.69 Å². The van der Waals surface area contributed by atoms with Crippen LogP contribution in [0.2, 0.25) is 5.02 Å². The van der Waals surface area contributed by atoms with Gasteiger partial charge >= 0.3 is 0 Å². The van der Waals surface area contributed by atoms with Crippen LogP contribution in [0.1, 0.15) is 17.2 Å². The molecule has 2 unspecified atom stereocenters. The molecule has 1 heterocycles. The van der Waals surface area contributed by atoms with E-state index in [0.717, 1.165) is 22.0 Å². The molecule has 2 atom stereocenters. The lowest BCUT2D eigenvalue weighted by Crippen LogP contribution is -2.25. The van der Waals surface area contributed by atoms with Gasteiger partial charge in [-0.25, -0.2) is 0 Å². The summed E-state index contributed by atoms with van der Waals surface area (Å²) >= 11 is 9.94. The van der Waals surface area contributed by atoms with Crippen LogP contribution in [-0.4, -0.2) is 10.5 Å². The molecule has 0 fully saturated rings. The zero-order valence-corrected chi connectivity index (χ0v) is 15.7. The summed E-state index contributed by atoms with van der Waals surface area (Å²) in [5.74, 6) is 0. The van der Waals surface area contributed by atoms with Gasteiger partial charge in [-0.1, -0.05) is 88.2 Å². The maximum atomic E-state index is 6.04. The molecule has 0 saturated carbocycles. The summed E-state index contributed by atoms with van der Waals surface area (Å²) < 4.78 is 0. The number of alkyl halides is 1. The lowest BCUT2D eigenvalue weighted by Gasteiger charge is -2.26. The number of hydrogen-bond acceptors (Lipinski definition) is 2. The number of para-hydroxylation sites is 1. The Bertz CT molecular complexity index is 879. The van der Waals surface area contributed by atoms with Crippen LogP contribution in [0.5, 0.6) is 0 Å². The normalized spacial score (nSPS) is 19.8. The summed E-state index contributed by atoms with van der Waals surface area (Å²) in [6.45, 7) is 0. The Morgan fingerprint density at radius 3 is 2.04 bits per heavy atom. The smallest absolute Gasteiger partial charge is 0.0957 e. The molecule has 0 aromatic heterocycles. The summed E-state index contributed by atoms with van der Waals surface area (Å²) in [6.07, 6.45) is 0. The first kappa shape index (κ1) is 16.4. The second-order valence-electron chi connectivity index (χ2n) is 5.93. The van der Waals surface area contributed by atoms with Crippen molar-refractivity contribution in [2.45, 2.75) is 10.9 Å². The minimum atomic E-state index is 0.0799. The van der Waals surface area contributed by atoms with Crippen LogP contribution in [-0.2, 0) is 0 Å². The van der Waals surface area contributed by atoms with E-state index in [4.69, 9.17) is 16.7 Å². The fourth-order valence-corrected chi connectivity index (χ4v) is 4.12. The Morgan fingerprint density at radius 1 is 0.800 bits per heavy atom. The summed E-state index contributed by atoms with van der Waals surface area (Å²) in [7, 11) is 0. The number of nitrogens with zero attached hydrogens (tertiary/aromatic N) is 2. The van der Waals surface area contributed by atoms with Crippen molar-refractivity contribution in [3.05, 3.63) is 101 Å². The predicted octanol–water partition coefficient (Wildman–Crippen LogP) is 6.07. The van der Waals surface area contributed by atoms with Gasteiger partial charge in [0.15, 0.2) is 0 Å². The van der Waals surface area contributed by atoms with E-state index in [0.29, 0.717) is 0 Å². The molecule has 1 aliphatic heterocycles. The summed E-state index contributed by atoms with van der Waals surface area (Å²) in [5.41, 5.74) is 4.38. The van der Waals surface area contributed by atoms with Crippen LogP contribution < -0.4 is 5.01 Å². The minimum absolute atomic E-state index is 0.0799. The van der Waals surface area contributed by atoms with Gasteiger partial charge in [-0.05, 0) is 35.4 Å². The quantitative estimate of drug-likeness (QED) is 0.478. The third kappa shape index (κ3) is 3.22. The van der Waals surface area contributed by atoms with Crippen molar-refractivity contribution in [1.29, 1.82) is 0 Å². The van der Waals surface area contributed by atoms with Crippen LogP contribution in [0, 0.1) is 0 Å². The summed E-state index contributed by atoms with van der Waals surface area (Å²) in [5, 5.41) is 7.78. The fraction of sp³-hybridized carbons (Fsp3) is 0.0952. The largest absolute Gasteiger partial charge is 0.256 e. The van der Waals surface area contributed by atoms with Gasteiger partial charge in [0, 0.05) is 5.02 Å². The molecule has 4 rings (SSSR count). The van der Waals surface area contributed by atoms with Crippen LogP contribution in [0.15, 0.2) is 90.0 Å². The van der Waals surface area contributed by atoms with E-state index in [1.54, 1.807) is 0 Å². The Balaban J connectivity index is 1.80. The van der Waals surface area contributed by atoms with E-state index in [1.165, 1.54) is 5.56 Å². The molecule has 3 aromatic rings. The SMILES string of the molecule is Clc1ccc(C2=NN(c3ccccc3)C(c3ccccc3)C2Br)cc1. The molecule has 0 radical (unpaired) electrons. The number of rotatable bonds is 3. The number of benzene rings is 3. The molecule has 124 valence electrons. The molecule has 25 heavy (non-hydrogen) atoms. The van der Waals surface area contributed by atoms with Crippen molar-refractivity contribution in [2.75, 3.05) is 5.01 Å². The summed E-state index contributed by atoms with van der Waals surface area (Å²) in [6, 6.07) is 28.7. The standard InChI is InChI=1S/C21H16BrClN2/c22-19-20(15-11-13-17(23)14-12-15)24-25(18-9-5-2-6-10-18)21(19)16-7-3-1-4-8-16/h1-14,19,21H. The van der Waals surface area contributed by atoms with E-state index >= 15 is 0 Å². The Morgan fingerprint density at radius 2 is 1.40 bits per heavy atom. The van der Waals surface area contributed by atoms with Gasteiger partial charge in [0.1, 0.15) is 0 Å². The minimum Gasteiger partial charge on any atom is -0.256 e. The van der Waals surface area contributed by atoms with Gasteiger partial charge in [-0.15, -0.1) is 0 Å². The Hall–Kier alpha value is -2.10. The maximum Gasteiger partial charge on any atom is 0.0957 e. The highest BCUT2D eigenvalue weighted by Crippen LogP contribution is 2.40. The lowest BCUT2D eigenvalue weighted by molar-refractivity contribution is 0.722. The monoisotopic (exact) mass is 410 g/mol. The zero-order chi connectivity index (χ0) is 17.2. The van der Waals surface area contributed by atoms with E-state index < -0.39 is 0 Å². The highest BCUT2D eigenvalue weighted by Gasteiger charge is 2.38. The summed E-state index contributed by atoms with van der Waals surface area (Å²) in [4.78, 5) is 0.0799. The van der Waals surface area contributed by atoms with E-state index in [-0.39, 0.29) is 10.9 Å². The molecule has 0 amide bonds. The average Bonchev–Trinajstić information content (AvgIpc) is 3.01. The van der Waals surface area contributed by atoms with Crippen LogP contribution in [0.3, 0.4) is 0 Å². The Kier molecular flexibility index (Phi) is 4.60. The van der Waals surface area contributed by atoms with Crippen molar-refractivity contribution >= 4 is 38.9 Å². The van der Waals surface area contributed by atoms with Gasteiger partial charge in [-0.3, -0.25) is 5.01 Å². The molecule has 0 N–H and O–H groups in total. The number of halogens is 2. The molecule has 3 aromatic carbocycles. The average molecular weight is 412 g/mol. The van der Waals surface area contributed by atoms with Crippen molar-refractivity contribution in [3.63, 3.8) is 0 Å². The topological polar surface area (TPSA) is 15.6 Å². The fourth-order valence-electron chi connectivity index (χ4n) is 3.10. The van der Waals surface area contributed by atoms with Crippen molar-refractivity contribution in [3.8, 4) is 0 Å². The second-order valence-corrected chi connectivity index (χ2v) is 7.35. The third-order valence-corrected chi connectivity index (χ3v) is 5.51. The number of hydrogen-bond donors (Lipinski definition) is 0. The second kappa shape index (κ2) is 7.03. The predicted molar refractivity (Wildman–Crippen MR) is 109 cm³/mol. The number of hydrazone groups is 1. The van der Waals surface area contributed by atoms with Gasteiger partial charge in [-0.2, -0.15) is 5.10 Å². The van der Waals surface area contributed by atoms with Crippen LogP contribution >= 0.6 is 27.5 Å². The van der Waals surface area contributed by atoms with Gasteiger partial charge in [0.05, 0.1) is 22.3 Å². The van der Waals surface area contributed by atoms with Gasteiger partial charge in [0.2, 0.25) is 0 Å². The molecule has 0 bridgehead atoms. The van der Waals surface area contributed by atoms with Crippen LogP contribution in [0.25, 0.3) is 0 Å². The third-order valence-electron chi connectivity index (χ3n) is 4.32. The van der Waals surface area contributed by atoms with E-state index in [2.05, 4.69) is 57.3 Å². The molecule has 2 nitrogen and oxygen atoms in total. The maximum absolute atomic E-state index is 6.04. The molecular formula is C21H16BrClN2. The lowest BCUT2D eigenvalue weighted by atomic mass is 9.98. The van der Waals surface area contributed by atoms with Crippen molar-refractivity contribution < 1.29 is 0 Å². The highest BCUT2D eigenvalue weighted by molar-refractivity contribution is 9.10. The Labute approximate surface area is 160 Å². The van der Waals surface area contributed by atoms with Crippen molar-refractivity contribution in [2.24, 2.45) is 5.10 Å². The molecular weight excluding hydrogens is 396 g/mol. The van der Waals surface area contributed by atoms with E-state index in [1.807, 2.05) is 48.5 Å². The van der Waals surface area contributed by atoms with Crippen molar-refractivity contribution in [1.82, 2.24) is 0 Å². The first-order chi connectivity index (χ1) is 12.2. The molecule has 0 aliphatic carbocycles. The van der Waals surface area contributed by atoms with Gasteiger partial charge in [0.25, 0.3) is 0 Å². The highest BCUT2D eigenvalue weighted by atomic mass is 79.9. The molecule has 4 heteroatoms. The number of anilines is 1. The zero-order valence-electron chi connectivity index (χ0n) is 13.4. The van der Waals surface area contributed by atoms with E-state index in [9.17, 15) is 0 Å². The first-order valence-electron chi connectivity index (χ1n) is 8.12.